The predicted molar refractivity (Wildman–Crippen MR) is 119 cm³/mol. The van der Waals surface area contributed by atoms with Gasteiger partial charge in [-0.15, -0.1) is 0 Å². The fourth-order valence-electron chi connectivity index (χ4n) is 5.06. The van der Waals surface area contributed by atoms with Crippen molar-refractivity contribution in [2.45, 2.75) is 71.4 Å². The van der Waals surface area contributed by atoms with Crippen LogP contribution in [0, 0.1) is 13.8 Å². The number of hydrogen-bond donors (Lipinski definition) is 1. The quantitative estimate of drug-likeness (QED) is 0.706. The van der Waals surface area contributed by atoms with E-state index in [0.29, 0.717) is 12.2 Å². The molecule has 2 N–H and O–H groups in total. The van der Waals surface area contributed by atoms with E-state index in [1.54, 1.807) is 4.74 Å². The average Bonchev–Trinajstić information content (AvgIpc) is 3.02. The molecule has 1 atom stereocenters. The number of fused-ring (bicyclic) bond motifs is 2. The highest BCUT2D eigenvalue weighted by Gasteiger charge is 2.46. The first-order chi connectivity index (χ1) is 14.2. The molecule has 30 heavy (non-hydrogen) atoms. The number of nitrogens with two attached hydrogens (primary N) is 1. The maximum absolute atomic E-state index is 12.4. The molecular weight excluding hydrogens is 374 g/mol. The van der Waals surface area contributed by atoms with Gasteiger partial charge in [0, 0.05) is 6.04 Å². The zero-order valence-corrected chi connectivity index (χ0v) is 18.5. The fraction of sp³-hybridized carbons (Fsp3) is 0.440. The summed E-state index contributed by atoms with van der Waals surface area (Å²) >= 11 is 0. The van der Waals surface area contributed by atoms with Gasteiger partial charge >= 0.3 is 5.76 Å². The molecule has 0 amide bonds. The topological polar surface area (TPSA) is 74.1 Å². The summed E-state index contributed by atoms with van der Waals surface area (Å²) in [4.78, 5) is 16.8. The maximum Gasteiger partial charge on any atom is 0.459 e. The van der Waals surface area contributed by atoms with Gasteiger partial charge in [-0.1, -0.05) is 47.5 Å². The van der Waals surface area contributed by atoms with Crippen LogP contribution >= 0.6 is 0 Å². The van der Waals surface area contributed by atoms with Crippen molar-refractivity contribution in [1.82, 2.24) is 9.72 Å². The molecular formula is C25H31N3O2. The molecule has 1 aliphatic carbocycles. The zero-order chi connectivity index (χ0) is 21.6. The SMILES string of the molecule is Cc1ccc2c(c1)CCc1cc(C)ccc1C2(C[C@H](C)N)c1nc(=O)on1C(C)C. The Balaban J connectivity index is 2.17. The van der Waals surface area contributed by atoms with Gasteiger partial charge in [-0.25, -0.2) is 4.79 Å². The highest BCUT2D eigenvalue weighted by atomic mass is 16.5. The van der Waals surface area contributed by atoms with Crippen molar-refractivity contribution in [2.75, 3.05) is 0 Å². The van der Waals surface area contributed by atoms with Gasteiger partial charge in [-0.3, -0.25) is 0 Å². The molecule has 0 aliphatic heterocycles. The minimum Gasteiger partial charge on any atom is -0.328 e. The summed E-state index contributed by atoms with van der Waals surface area (Å²) < 4.78 is 7.25. The van der Waals surface area contributed by atoms with Gasteiger partial charge in [0.15, 0.2) is 5.82 Å². The summed E-state index contributed by atoms with van der Waals surface area (Å²) in [5, 5.41) is 0. The van der Waals surface area contributed by atoms with E-state index in [4.69, 9.17) is 10.3 Å². The van der Waals surface area contributed by atoms with Gasteiger partial charge < -0.3 is 10.3 Å². The first-order valence-corrected chi connectivity index (χ1v) is 10.8. The van der Waals surface area contributed by atoms with E-state index in [1.807, 2.05) is 20.8 Å². The number of nitrogens with zero attached hydrogens (tertiary/aromatic N) is 2. The smallest absolute Gasteiger partial charge is 0.328 e. The van der Waals surface area contributed by atoms with Crippen LogP contribution < -0.4 is 11.5 Å². The van der Waals surface area contributed by atoms with Crippen LogP contribution in [-0.4, -0.2) is 15.8 Å². The van der Waals surface area contributed by atoms with Gasteiger partial charge in [-0.05, 0) is 76.1 Å². The lowest BCUT2D eigenvalue weighted by atomic mass is 9.67. The number of aryl methyl sites for hydroxylation is 4. The Kier molecular flexibility index (Phi) is 5.18. The third-order valence-electron chi connectivity index (χ3n) is 6.17. The molecule has 158 valence electrons. The van der Waals surface area contributed by atoms with E-state index >= 15 is 0 Å². The minimum absolute atomic E-state index is 0.0359. The van der Waals surface area contributed by atoms with Crippen molar-refractivity contribution < 1.29 is 4.52 Å². The second-order valence-electron chi connectivity index (χ2n) is 9.12. The highest BCUT2D eigenvalue weighted by Crippen LogP contribution is 2.47. The summed E-state index contributed by atoms with van der Waals surface area (Å²) in [6.45, 7) is 10.3. The molecule has 0 radical (unpaired) electrons. The predicted octanol–water partition coefficient (Wildman–Crippen LogP) is 4.20. The van der Waals surface area contributed by atoms with Crippen molar-refractivity contribution in [1.29, 1.82) is 0 Å². The Morgan fingerprint density at radius 2 is 1.57 bits per heavy atom. The lowest BCUT2D eigenvalue weighted by Crippen LogP contribution is -2.39. The number of aromatic nitrogens is 2. The average molecular weight is 406 g/mol. The third kappa shape index (κ3) is 3.31. The molecule has 0 fully saturated rings. The molecule has 0 saturated heterocycles. The molecule has 4 rings (SSSR count). The number of benzene rings is 2. The lowest BCUT2D eigenvalue weighted by Gasteiger charge is -2.37. The molecule has 0 spiro atoms. The van der Waals surface area contributed by atoms with Crippen LogP contribution in [0.1, 0.15) is 72.4 Å². The van der Waals surface area contributed by atoms with Crippen LogP contribution in [0.5, 0.6) is 0 Å². The zero-order valence-electron chi connectivity index (χ0n) is 18.5. The van der Waals surface area contributed by atoms with Crippen molar-refractivity contribution in [2.24, 2.45) is 5.73 Å². The molecule has 3 aromatic rings. The van der Waals surface area contributed by atoms with E-state index in [0.717, 1.165) is 12.8 Å². The van der Waals surface area contributed by atoms with Crippen molar-refractivity contribution in [3.63, 3.8) is 0 Å². The molecule has 1 aromatic heterocycles. The molecule has 5 heteroatoms. The second-order valence-corrected chi connectivity index (χ2v) is 9.12. The summed E-state index contributed by atoms with van der Waals surface area (Å²) in [5.41, 5.74) is 13.2. The van der Waals surface area contributed by atoms with Gasteiger partial charge in [0.25, 0.3) is 0 Å². The maximum atomic E-state index is 12.4. The first-order valence-electron chi connectivity index (χ1n) is 10.8. The Morgan fingerprint density at radius 3 is 2.03 bits per heavy atom. The molecule has 5 nitrogen and oxygen atoms in total. The van der Waals surface area contributed by atoms with Crippen LogP contribution in [0.3, 0.4) is 0 Å². The van der Waals surface area contributed by atoms with Gasteiger partial charge in [-0.2, -0.15) is 9.72 Å². The minimum atomic E-state index is -0.646. The van der Waals surface area contributed by atoms with Crippen LogP contribution in [0.25, 0.3) is 0 Å². The largest absolute Gasteiger partial charge is 0.459 e. The van der Waals surface area contributed by atoms with E-state index in [9.17, 15) is 4.79 Å². The van der Waals surface area contributed by atoms with Crippen LogP contribution in [0.15, 0.2) is 45.7 Å². The van der Waals surface area contributed by atoms with E-state index in [2.05, 4.69) is 55.2 Å². The summed E-state index contributed by atoms with van der Waals surface area (Å²) in [5.74, 6) is 0.0891. The standard InChI is InChI=1S/C25H31N3O2/c1-15(2)28-23(27-24(29)30-28)25(14-18(5)26)21-10-6-16(3)12-19(21)8-9-20-13-17(4)7-11-22(20)25/h6-7,10-13,15,18H,8-9,14,26H2,1-5H3/t18-/m0/s1. The number of rotatable bonds is 4. The normalized spacial score (nSPS) is 16.1. The molecule has 1 heterocycles. The highest BCUT2D eigenvalue weighted by molar-refractivity contribution is 5.56. The van der Waals surface area contributed by atoms with Crippen molar-refractivity contribution in [3.8, 4) is 0 Å². The van der Waals surface area contributed by atoms with Crippen molar-refractivity contribution >= 4 is 0 Å². The number of hydrogen-bond acceptors (Lipinski definition) is 4. The lowest BCUT2D eigenvalue weighted by molar-refractivity contribution is 0.206. The van der Waals surface area contributed by atoms with Crippen LogP contribution in [0.4, 0.5) is 0 Å². The van der Waals surface area contributed by atoms with E-state index < -0.39 is 11.2 Å². The van der Waals surface area contributed by atoms with Crippen LogP contribution in [-0.2, 0) is 18.3 Å². The molecule has 0 saturated carbocycles. The van der Waals surface area contributed by atoms with E-state index in [1.165, 1.54) is 33.4 Å². The van der Waals surface area contributed by atoms with Crippen LogP contribution in [0.2, 0.25) is 0 Å². The van der Waals surface area contributed by atoms with Gasteiger partial charge in [0.1, 0.15) is 0 Å². The summed E-state index contributed by atoms with van der Waals surface area (Å²) in [6.07, 6.45) is 2.52. The summed E-state index contributed by atoms with van der Waals surface area (Å²) in [6, 6.07) is 13.1. The van der Waals surface area contributed by atoms with Gasteiger partial charge in [0.2, 0.25) is 0 Å². The van der Waals surface area contributed by atoms with Crippen molar-refractivity contribution in [3.05, 3.63) is 86.2 Å². The summed E-state index contributed by atoms with van der Waals surface area (Å²) in [7, 11) is 0. The molecule has 2 aromatic carbocycles. The first kappa shape index (κ1) is 20.6. The Hall–Kier alpha value is -2.66. The second kappa shape index (κ2) is 7.55. The third-order valence-corrected chi connectivity index (χ3v) is 6.17. The van der Waals surface area contributed by atoms with E-state index in [-0.39, 0.29) is 12.1 Å². The molecule has 0 bridgehead atoms. The molecule has 0 unspecified atom stereocenters. The Morgan fingerprint density at radius 1 is 1.03 bits per heavy atom. The Bertz CT molecular complexity index is 1080. The molecule has 1 aliphatic rings. The fourth-order valence-corrected chi connectivity index (χ4v) is 5.06. The van der Waals surface area contributed by atoms with Gasteiger partial charge in [0.05, 0.1) is 11.5 Å². The monoisotopic (exact) mass is 405 g/mol. The Labute approximate surface area is 177 Å².